The van der Waals surface area contributed by atoms with Crippen LogP contribution in [0.25, 0.3) is 11.5 Å². The van der Waals surface area contributed by atoms with E-state index in [-0.39, 0.29) is 23.5 Å². The molecule has 1 aliphatic carbocycles. The summed E-state index contributed by atoms with van der Waals surface area (Å²) in [6.07, 6.45) is 5.28. The number of carbonyl (C=O) groups excluding carboxylic acids is 1. The van der Waals surface area contributed by atoms with Crippen molar-refractivity contribution in [2.45, 2.75) is 30.8 Å². The largest absolute Gasteiger partial charge is 0.442 e. The zero-order valence-corrected chi connectivity index (χ0v) is 15.2. The van der Waals surface area contributed by atoms with Crippen molar-refractivity contribution in [1.29, 1.82) is 0 Å². The van der Waals surface area contributed by atoms with Crippen molar-refractivity contribution in [3.63, 3.8) is 0 Å². The summed E-state index contributed by atoms with van der Waals surface area (Å²) >= 11 is 0. The lowest BCUT2D eigenvalue weighted by molar-refractivity contribution is -0.126. The summed E-state index contributed by atoms with van der Waals surface area (Å²) < 4.78 is 32.7. The molecule has 2 aromatic rings. The molecule has 1 saturated heterocycles. The van der Waals surface area contributed by atoms with Gasteiger partial charge in [0.05, 0.1) is 5.92 Å². The van der Waals surface area contributed by atoms with Crippen LogP contribution < -0.4 is 5.32 Å². The number of furan rings is 1. The lowest BCUT2D eigenvalue weighted by atomic mass is 9.99. The average Bonchev–Trinajstić information content (AvgIpc) is 3.12. The van der Waals surface area contributed by atoms with E-state index in [0.29, 0.717) is 43.3 Å². The van der Waals surface area contributed by atoms with Gasteiger partial charge in [0.15, 0.2) is 5.76 Å². The maximum atomic E-state index is 12.9. The Morgan fingerprint density at radius 1 is 1.31 bits per heavy atom. The molecule has 2 aromatic heterocycles. The molecule has 0 unspecified atom stereocenters. The first-order valence-corrected chi connectivity index (χ1v) is 10.4. The lowest BCUT2D eigenvalue weighted by Gasteiger charge is -2.30. The maximum absolute atomic E-state index is 12.9. The molecular weight excluding hydrogens is 356 g/mol. The van der Waals surface area contributed by atoms with Crippen molar-refractivity contribution in [3.05, 3.63) is 24.4 Å². The quantitative estimate of drug-likeness (QED) is 0.794. The van der Waals surface area contributed by atoms with E-state index < -0.39 is 10.0 Å². The number of rotatable bonds is 6. The second-order valence-corrected chi connectivity index (χ2v) is 8.85. The van der Waals surface area contributed by atoms with Crippen LogP contribution in [0, 0.1) is 11.8 Å². The van der Waals surface area contributed by atoms with Gasteiger partial charge in [0.2, 0.25) is 11.0 Å². The number of hydrogen-bond donors (Lipinski definition) is 2. The van der Waals surface area contributed by atoms with Gasteiger partial charge in [-0.2, -0.15) is 9.40 Å². The number of aromatic nitrogens is 2. The highest BCUT2D eigenvalue weighted by molar-refractivity contribution is 7.89. The molecule has 0 radical (unpaired) electrons. The van der Waals surface area contributed by atoms with Gasteiger partial charge >= 0.3 is 0 Å². The highest BCUT2D eigenvalue weighted by atomic mass is 32.2. The molecule has 3 heterocycles. The van der Waals surface area contributed by atoms with Gasteiger partial charge < -0.3 is 9.73 Å². The summed E-state index contributed by atoms with van der Waals surface area (Å²) in [5.74, 6) is 0.664. The number of hydrogen-bond acceptors (Lipinski definition) is 5. The normalized spacial score (nSPS) is 21.6. The van der Waals surface area contributed by atoms with Crippen molar-refractivity contribution in [3.8, 4) is 11.5 Å². The predicted octanol–water partition coefficient (Wildman–Crippen LogP) is 1.60. The molecule has 0 aromatic carbocycles. The maximum Gasteiger partial charge on any atom is 0.276 e. The number of H-pyrrole nitrogens is 1. The highest BCUT2D eigenvalue weighted by Crippen LogP contribution is 2.29. The Morgan fingerprint density at radius 3 is 2.88 bits per heavy atom. The third kappa shape index (κ3) is 3.54. The molecule has 4 rings (SSSR count). The molecular formula is C17H22N4O4S. The van der Waals surface area contributed by atoms with Crippen LogP contribution >= 0.6 is 0 Å². The smallest absolute Gasteiger partial charge is 0.276 e. The van der Waals surface area contributed by atoms with Crippen LogP contribution in [0.5, 0.6) is 0 Å². The Morgan fingerprint density at radius 2 is 2.15 bits per heavy atom. The highest BCUT2D eigenvalue weighted by Gasteiger charge is 2.35. The van der Waals surface area contributed by atoms with Gasteiger partial charge in [-0.1, -0.05) is 0 Å². The first-order chi connectivity index (χ1) is 12.5. The molecule has 2 N–H and O–H groups in total. The summed E-state index contributed by atoms with van der Waals surface area (Å²) in [7, 11) is -3.77. The van der Waals surface area contributed by atoms with E-state index in [4.69, 9.17) is 4.42 Å². The average molecular weight is 378 g/mol. The second kappa shape index (κ2) is 6.88. The summed E-state index contributed by atoms with van der Waals surface area (Å²) in [5, 5.41) is 9.42. The van der Waals surface area contributed by atoms with Gasteiger partial charge in [0.25, 0.3) is 10.0 Å². The van der Waals surface area contributed by atoms with Crippen LogP contribution in [-0.2, 0) is 14.8 Å². The van der Waals surface area contributed by atoms with E-state index in [1.54, 1.807) is 18.3 Å². The molecule has 1 aliphatic heterocycles. The Kier molecular flexibility index (Phi) is 4.58. The van der Waals surface area contributed by atoms with Crippen molar-refractivity contribution < 1.29 is 17.6 Å². The van der Waals surface area contributed by atoms with E-state index >= 15 is 0 Å². The Labute approximate surface area is 152 Å². The Hall–Kier alpha value is -2.13. The Balaban J connectivity index is 1.45. The molecule has 8 nitrogen and oxygen atoms in total. The third-order valence-corrected chi connectivity index (χ3v) is 6.70. The second-order valence-electron chi connectivity index (χ2n) is 6.98. The number of nitrogens with one attached hydrogen (secondary N) is 2. The van der Waals surface area contributed by atoms with E-state index in [1.165, 1.54) is 23.2 Å². The van der Waals surface area contributed by atoms with E-state index in [9.17, 15) is 13.2 Å². The SMILES string of the molecule is O=C(NCC1CC1)[C@@H]1CCCN(S(=O)(=O)c2ccc(-c3ccn[nH]3)o2)C1. The first-order valence-electron chi connectivity index (χ1n) is 8.91. The zero-order chi connectivity index (χ0) is 18.1. The number of amides is 1. The predicted molar refractivity (Wildman–Crippen MR) is 93.5 cm³/mol. The van der Waals surface area contributed by atoms with Gasteiger partial charge in [-0.05, 0) is 49.8 Å². The minimum atomic E-state index is -3.77. The van der Waals surface area contributed by atoms with E-state index in [2.05, 4.69) is 15.5 Å². The molecule has 1 amide bonds. The molecule has 1 saturated carbocycles. The van der Waals surface area contributed by atoms with Gasteiger partial charge in [-0.3, -0.25) is 9.89 Å². The molecule has 0 bridgehead atoms. The van der Waals surface area contributed by atoms with Gasteiger partial charge in [0, 0.05) is 25.8 Å². The molecule has 140 valence electrons. The summed E-state index contributed by atoms with van der Waals surface area (Å²) in [5.41, 5.74) is 0.613. The van der Waals surface area contributed by atoms with Crippen molar-refractivity contribution in [2.24, 2.45) is 11.8 Å². The summed E-state index contributed by atoms with van der Waals surface area (Å²) in [6.45, 7) is 1.29. The third-order valence-electron chi connectivity index (χ3n) is 4.96. The molecule has 2 fully saturated rings. The van der Waals surface area contributed by atoms with Crippen LogP contribution in [0.3, 0.4) is 0 Å². The standard InChI is InChI=1S/C17H22N4O4S/c22-17(18-10-12-3-4-12)13-2-1-9-21(11-13)26(23,24)16-6-5-15(25-16)14-7-8-19-20-14/h5-8,12-13H,1-4,9-11H2,(H,18,22)(H,19,20)/t13-/m1/s1. The van der Waals surface area contributed by atoms with Gasteiger partial charge in [-0.15, -0.1) is 0 Å². The van der Waals surface area contributed by atoms with Crippen LogP contribution in [0.4, 0.5) is 0 Å². The fraction of sp³-hybridized carbons (Fsp3) is 0.529. The number of aromatic amines is 1. The van der Waals surface area contributed by atoms with Gasteiger partial charge in [0.1, 0.15) is 5.69 Å². The van der Waals surface area contributed by atoms with Crippen LogP contribution in [0.1, 0.15) is 25.7 Å². The lowest BCUT2D eigenvalue weighted by Crippen LogP contribution is -2.45. The minimum absolute atomic E-state index is 0.0469. The fourth-order valence-corrected chi connectivity index (χ4v) is 4.65. The van der Waals surface area contributed by atoms with Crippen LogP contribution in [0.15, 0.2) is 33.9 Å². The summed E-state index contributed by atoms with van der Waals surface area (Å²) in [4.78, 5) is 12.3. The number of piperidine rings is 1. The Bertz CT molecular complexity index is 870. The van der Waals surface area contributed by atoms with Crippen molar-refractivity contribution in [1.82, 2.24) is 19.8 Å². The van der Waals surface area contributed by atoms with Crippen molar-refractivity contribution >= 4 is 15.9 Å². The number of sulfonamides is 1. The molecule has 9 heteroatoms. The molecule has 2 aliphatic rings. The molecule has 1 atom stereocenters. The van der Waals surface area contributed by atoms with E-state index in [1.807, 2.05) is 0 Å². The molecule has 0 spiro atoms. The fourth-order valence-electron chi connectivity index (χ4n) is 3.21. The minimum Gasteiger partial charge on any atom is -0.442 e. The topological polar surface area (TPSA) is 108 Å². The number of carbonyl (C=O) groups is 1. The van der Waals surface area contributed by atoms with Crippen LogP contribution in [-0.4, -0.2) is 48.5 Å². The summed E-state index contributed by atoms with van der Waals surface area (Å²) in [6, 6.07) is 4.75. The van der Waals surface area contributed by atoms with Crippen molar-refractivity contribution in [2.75, 3.05) is 19.6 Å². The monoisotopic (exact) mass is 378 g/mol. The number of nitrogens with zero attached hydrogens (tertiary/aromatic N) is 2. The first kappa shape index (κ1) is 17.3. The zero-order valence-electron chi connectivity index (χ0n) is 14.3. The molecule has 26 heavy (non-hydrogen) atoms. The van der Waals surface area contributed by atoms with Crippen LogP contribution in [0.2, 0.25) is 0 Å². The van der Waals surface area contributed by atoms with Gasteiger partial charge in [-0.25, -0.2) is 8.42 Å². The van der Waals surface area contributed by atoms with E-state index in [0.717, 1.165) is 0 Å².